The van der Waals surface area contributed by atoms with Gasteiger partial charge >= 0.3 is 0 Å². The third-order valence-electron chi connectivity index (χ3n) is 5.62. The largest absolute Gasteiger partial charge is 0.323 e. The molecule has 0 spiro atoms. The second-order valence-electron chi connectivity index (χ2n) is 8.31. The predicted molar refractivity (Wildman–Crippen MR) is 124 cm³/mol. The summed E-state index contributed by atoms with van der Waals surface area (Å²) >= 11 is 0. The molecule has 2 nitrogen and oxygen atoms in total. The Bertz CT molecular complexity index is 1240. The zero-order valence-corrected chi connectivity index (χ0v) is 18.1. The molecule has 0 aliphatic heterocycles. The van der Waals surface area contributed by atoms with Crippen LogP contribution in [0.3, 0.4) is 0 Å². The number of benzene rings is 3. The number of rotatable bonds is 6. The molecule has 0 bridgehead atoms. The van der Waals surface area contributed by atoms with Crippen LogP contribution in [0.15, 0.2) is 73.3 Å². The standard InChI is InChI=1S/C27H26F2N2/c1-18(2)21-13-14-25-24(16-21)30-26(15-20-11-9-19(3)10-12-20)31(25)17-22-7-5-6-8-23(22)27(4,28)29/h5-14,16H,1,15,17H2,2-4H3. The second kappa shape index (κ2) is 8.10. The van der Waals surface area contributed by atoms with Crippen molar-refractivity contribution in [3.63, 3.8) is 0 Å². The van der Waals surface area contributed by atoms with Crippen molar-refractivity contribution in [1.82, 2.24) is 9.55 Å². The lowest BCUT2D eigenvalue weighted by Crippen LogP contribution is -2.14. The topological polar surface area (TPSA) is 17.8 Å². The maximum absolute atomic E-state index is 14.2. The van der Waals surface area contributed by atoms with Gasteiger partial charge in [0.2, 0.25) is 0 Å². The van der Waals surface area contributed by atoms with E-state index in [2.05, 4.69) is 42.3 Å². The van der Waals surface area contributed by atoms with Gasteiger partial charge in [-0.25, -0.2) is 13.8 Å². The van der Waals surface area contributed by atoms with Gasteiger partial charge in [-0.3, -0.25) is 0 Å². The van der Waals surface area contributed by atoms with Crippen molar-refractivity contribution in [2.75, 3.05) is 0 Å². The van der Waals surface area contributed by atoms with Gasteiger partial charge in [0.15, 0.2) is 0 Å². The smallest absolute Gasteiger partial charge is 0.270 e. The summed E-state index contributed by atoms with van der Waals surface area (Å²) in [5, 5.41) is 0. The van der Waals surface area contributed by atoms with E-state index in [-0.39, 0.29) is 5.56 Å². The fourth-order valence-corrected chi connectivity index (χ4v) is 3.90. The van der Waals surface area contributed by atoms with Crippen LogP contribution in [0.25, 0.3) is 16.6 Å². The van der Waals surface area contributed by atoms with E-state index in [4.69, 9.17) is 4.98 Å². The fraction of sp³-hybridized carbons (Fsp3) is 0.222. The Balaban J connectivity index is 1.84. The summed E-state index contributed by atoms with van der Waals surface area (Å²) in [7, 11) is 0. The number of aryl methyl sites for hydroxylation is 1. The van der Waals surface area contributed by atoms with Gasteiger partial charge < -0.3 is 4.57 Å². The molecule has 0 radical (unpaired) electrons. The second-order valence-corrected chi connectivity index (χ2v) is 8.31. The molecule has 4 heteroatoms. The number of fused-ring (bicyclic) bond motifs is 1. The molecule has 3 aromatic carbocycles. The van der Waals surface area contributed by atoms with Crippen molar-refractivity contribution in [3.8, 4) is 0 Å². The molecule has 31 heavy (non-hydrogen) atoms. The van der Waals surface area contributed by atoms with Gasteiger partial charge in [-0.2, -0.15) is 0 Å². The van der Waals surface area contributed by atoms with Crippen molar-refractivity contribution in [3.05, 3.63) is 107 Å². The number of nitrogens with zero attached hydrogens (tertiary/aromatic N) is 2. The summed E-state index contributed by atoms with van der Waals surface area (Å²) in [6.45, 7) is 9.33. The van der Waals surface area contributed by atoms with Crippen LogP contribution >= 0.6 is 0 Å². The van der Waals surface area contributed by atoms with Crippen molar-refractivity contribution in [1.29, 1.82) is 0 Å². The van der Waals surface area contributed by atoms with E-state index < -0.39 is 5.92 Å². The molecule has 0 amide bonds. The molecule has 0 saturated carbocycles. The van der Waals surface area contributed by atoms with Gasteiger partial charge in [-0.15, -0.1) is 0 Å². The van der Waals surface area contributed by atoms with E-state index in [9.17, 15) is 8.78 Å². The van der Waals surface area contributed by atoms with Gasteiger partial charge in [0, 0.05) is 25.5 Å². The third kappa shape index (κ3) is 4.43. The highest BCUT2D eigenvalue weighted by atomic mass is 19.3. The van der Waals surface area contributed by atoms with E-state index >= 15 is 0 Å². The summed E-state index contributed by atoms with van der Waals surface area (Å²) in [4.78, 5) is 4.90. The normalized spacial score (nSPS) is 11.8. The molecule has 0 N–H and O–H groups in total. The predicted octanol–water partition coefficient (Wildman–Crippen LogP) is 7.13. The number of hydrogen-bond acceptors (Lipinski definition) is 1. The number of alkyl halides is 2. The Kier molecular flexibility index (Phi) is 5.48. The van der Waals surface area contributed by atoms with E-state index in [0.717, 1.165) is 40.5 Å². The molecular formula is C27H26F2N2. The minimum absolute atomic E-state index is 0.0525. The first-order chi connectivity index (χ1) is 14.7. The Morgan fingerprint density at radius 2 is 1.74 bits per heavy atom. The van der Waals surface area contributed by atoms with E-state index in [1.807, 2.05) is 31.2 Å². The number of allylic oxidation sites excluding steroid dienone is 1. The Hall–Kier alpha value is -3.27. The molecule has 1 aromatic heterocycles. The Labute approximate surface area is 181 Å². The fourth-order valence-electron chi connectivity index (χ4n) is 3.90. The quantitative estimate of drug-likeness (QED) is 0.327. The van der Waals surface area contributed by atoms with Gasteiger partial charge in [-0.05, 0) is 42.7 Å². The maximum Gasteiger partial charge on any atom is 0.270 e. The summed E-state index contributed by atoms with van der Waals surface area (Å²) in [5.74, 6) is -2.05. The van der Waals surface area contributed by atoms with Crippen LogP contribution in [0.5, 0.6) is 0 Å². The monoisotopic (exact) mass is 416 g/mol. The van der Waals surface area contributed by atoms with Crippen LogP contribution in [0.4, 0.5) is 8.78 Å². The van der Waals surface area contributed by atoms with Crippen LogP contribution in [-0.4, -0.2) is 9.55 Å². The van der Waals surface area contributed by atoms with Crippen LogP contribution in [0.2, 0.25) is 0 Å². The van der Waals surface area contributed by atoms with Crippen molar-refractivity contribution in [2.45, 2.75) is 39.7 Å². The number of halogens is 2. The van der Waals surface area contributed by atoms with Gasteiger partial charge in [0.1, 0.15) is 5.82 Å². The summed E-state index contributed by atoms with van der Waals surface area (Å²) in [6.07, 6.45) is 0.627. The van der Waals surface area contributed by atoms with Crippen LogP contribution in [0.1, 0.15) is 47.5 Å². The highest BCUT2D eigenvalue weighted by molar-refractivity contribution is 5.81. The molecular weight excluding hydrogens is 390 g/mol. The molecule has 0 saturated heterocycles. The minimum atomic E-state index is -2.91. The zero-order chi connectivity index (χ0) is 22.2. The van der Waals surface area contributed by atoms with E-state index in [1.54, 1.807) is 12.1 Å². The SMILES string of the molecule is C=C(C)c1ccc2c(c1)nc(Cc1ccc(C)cc1)n2Cc1ccccc1C(C)(F)F. The third-order valence-corrected chi connectivity index (χ3v) is 5.62. The zero-order valence-electron chi connectivity index (χ0n) is 18.1. The number of imidazole rings is 1. The summed E-state index contributed by atoms with van der Waals surface area (Å²) in [6, 6.07) is 21.1. The van der Waals surface area contributed by atoms with Gasteiger partial charge in [0.05, 0.1) is 11.0 Å². The number of aromatic nitrogens is 2. The molecule has 4 rings (SSSR count). The first-order valence-electron chi connectivity index (χ1n) is 10.4. The molecule has 0 unspecified atom stereocenters. The van der Waals surface area contributed by atoms with Crippen LogP contribution in [0, 0.1) is 6.92 Å². The first-order valence-corrected chi connectivity index (χ1v) is 10.4. The lowest BCUT2D eigenvalue weighted by Gasteiger charge is -2.17. The summed E-state index contributed by atoms with van der Waals surface area (Å²) < 4.78 is 30.6. The van der Waals surface area contributed by atoms with Crippen LogP contribution in [-0.2, 0) is 18.9 Å². The molecule has 0 atom stereocenters. The minimum Gasteiger partial charge on any atom is -0.323 e. The molecule has 0 fully saturated rings. The molecule has 158 valence electrons. The van der Waals surface area contributed by atoms with E-state index in [0.29, 0.717) is 18.5 Å². The van der Waals surface area contributed by atoms with Crippen molar-refractivity contribution >= 4 is 16.6 Å². The molecule has 0 aliphatic carbocycles. The maximum atomic E-state index is 14.2. The van der Waals surface area contributed by atoms with Crippen molar-refractivity contribution in [2.24, 2.45) is 0 Å². The first kappa shape index (κ1) is 21.0. The molecule has 4 aromatic rings. The lowest BCUT2D eigenvalue weighted by atomic mass is 10.0. The highest BCUT2D eigenvalue weighted by Crippen LogP contribution is 2.31. The summed E-state index contributed by atoms with van der Waals surface area (Å²) in [5.41, 5.74) is 6.76. The Morgan fingerprint density at radius 1 is 1.03 bits per heavy atom. The lowest BCUT2D eigenvalue weighted by molar-refractivity contribution is 0.0164. The Morgan fingerprint density at radius 3 is 2.42 bits per heavy atom. The highest BCUT2D eigenvalue weighted by Gasteiger charge is 2.27. The van der Waals surface area contributed by atoms with E-state index in [1.165, 1.54) is 11.6 Å². The van der Waals surface area contributed by atoms with Gasteiger partial charge in [-0.1, -0.05) is 72.3 Å². The molecule has 0 aliphatic rings. The van der Waals surface area contributed by atoms with Crippen LogP contribution < -0.4 is 0 Å². The molecule has 1 heterocycles. The average Bonchev–Trinajstić information content (AvgIpc) is 3.05. The average molecular weight is 417 g/mol. The van der Waals surface area contributed by atoms with Gasteiger partial charge in [0.25, 0.3) is 5.92 Å². The number of hydrogen-bond donors (Lipinski definition) is 0. The van der Waals surface area contributed by atoms with Crippen molar-refractivity contribution < 1.29 is 8.78 Å².